The zero-order valence-electron chi connectivity index (χ0n) is 10.5. The molecule has 1 aromatic rings. The highest BCUT2D eigenvalue weighted by Gasteiger charge is 2.24. The van der Waals surface area contributed by atoms with E-state index in [1.807, 2.05) is 12.1 Å². The first-order valence-corrected chi connectivity index (χ1v) is 7.22. The minimum absolute atomic E-state index is 0.387. The quantitative estimate of drug-likeness (QED) is 0.916. The molecule has 98 valence electrons. The van der Waals surface area contributed by atoms with Gasteiger partial charge in [-0.3, -0.25) is 0 Å². The topological polar surface area (TPSA) is 40.5 Å². The smallest absolute Gasteiger partial charge is 0.337 e. The van der Waals surface area contributed by atoms with Crippen LogP contribution in [-0.2, 0) is 0 Å². The summed E-state index contributed by atoms with van der Waals surface area (Å²) >= 11 is 3.34. The highest BCUT2D eigenvalue weighted by atomic mass is 79.9. The average molecular weight is 312 g/mol. The summed E-state index contributed by atoms with van der Waals surface area (Å²) in [7, 11) is 0. The van der Waals surface area contributed by atoms with E-state index in [0.717, 1.165) is 16.7 Å². The van der Waals surface area contributed by atoms with Gasteiger partial charge in [0.1, 0.15) is 0 Å². The number of nitrogens with zero attached hydrogens (tertiary/aromatic N) is 1. The molecule has 0 heterocycles. The van der Waals surface area contributed by atoms with Crippen molar-refractivity contribution in [2.75, 3.05) is 11.4 Å². The van der Waals surface area contributed by atoms with Crippen molar-refractivity contribution in [3.05, 3.63) is 28.2 Å². The first kappa shape index (κ1) is 13.4. The fourth-order valence-electron chi connectivity index (χ4n) is 2.77. The molecule has 2 rings (SSSR count). The van der Waals surface area contributed by atoms with E-state index >= 15 is 0 Å². The molecule has 18 heavy (non-hydrogen) atoms. The van der Waals surface area contributed by atoms with E-state index in [2.05, 4.69) is 27.8 Å². The predicted octanol–water partition coefficient (Wildman–Crippen LogP) is 3.92. The molecule has 1 aromatic carbocycles. The Labute approximate surface area is 116 Å². The van der Waals surface area contributed by atoms with Gasteiger partial charge in [0.2, 0.25) is 0 Å². The molecule has 4 heteroatoms. The summed E-state index contributed by atoms with van der Waals surface area (Å²) in [5.41, 5.74) is 1.23. The lowest BCUT2D eigenvalue weighted by atomic mass is 10.1. The van der Waals surface area contributed by atoms with Crippen molar-refractivity contribution < 1.29 is 9.90 Å². The molecular formula is C14H18BrNO2. The molecule has 1 aliphatic carbocycles. The van der Waals surface area contributed by atoms with Crippen LogP contribution < -0.4 is 4.90 Å². The van der Waals surface area contributed by atoms with Gasteiger partial charge in [0.05, 0.1) is 11.3 Å². The summed E-state index contributed by atoms with van der Waals surface area (Å²) in [5.74, 6) is -0.859. The zero-order chi connectivity index (χ0) is 13.1. The largest absolute Gasteiger partial charge is 0.478 e. The Morgan fingerprint density at radius 3 is 2.67 bits per heavy atom. The molecule has 0 spiro atoms. The summed E-state index contributed by atoms with van der Waals surface area (Å²) in [4.78, 5) is 13.6. The van der Waals surface area contributed by atoms with Crippen LogP contribution in [-0.4, -0.2) is 23.7 Å². The van der Waals surface area contributed by atoms with Crippen LogP contribution in [0.5, 0.6) is 0 Å². The Morgan fingerprint density at radius 1 is 1.44 bits per heavy atom. The van der Waals surface area contributed by atoms with Crippen molar-refractivity contribution in [2.45, 2.75) is 38.6 Å². The Hall–Kier alpha value is -1.03. The Morgan fingerprint density at radius 2 is 2.11 bits per heavy atom. The highest BCUT2D eigenvalue weighted by molar-refractivity contribution is 9.10. The number of aromatic carboxylic acids is 1. The number of carboxylic acids is 1. The number of benzene rings is 1. The number of hydrogen-bond donors (Lipinski definition) is 1. The van der Waals surface area contributed by atoms with E-state index in [9.17, 15) is 9.90 Å². The van der Waals surface area contributed by atoms with Gasteiger partial charge in [0.15, 0.2) is 0 Å². The number of halogens is 1. The lowest BCUT2D eigenvalue weighted by molar-refractivity contribution is 0.0697. The first-order valence-electron chi connectivity index (χ1n) is 6.43. The van der Waals surface area contributed by atoms with Crippen LogP contribution in [0.25, 0.3) is 0 Å². The standard InChI is InChI=1S/C14H18BrNO2/c1-2-16(11-5-3-4-6-11)13-8-7-10(15)9-12(13)14(17)18/h7-9,11H,2-6H2,1H3,(H,17,18). The van der Waals surface area contributed by atoms with Gasteiger partial charge in [0, 0.05) is 17.1 Å². The van der Waals surface area contributed by atoms with Gasteiger partial charge >= 0.3 is 5.97 Å². The first-order chi connectivity index (χ1) is 8.63. The van der Waals surface area contributed by atoms with Crippen LogP contribution in [0.3, 0.4) is 0 Å². The van der Waals surface area contributed by atoms with Crippen molar-refractivity contribution in [1.29, 1.82) is 0 Å². The lowest BCUT2D eigenvalue weighted by Gasteiger charge is -2.31. The molecule has 1 aliphatic rings. The van der Waals surface area contributed by atoms with Gasteiger partial charge in [-0.25, -0.2) is 4.79 Å². The fourth-order valence-corrected chi connectivity index (χ4v) is 3.13. The second kappa shape index (κ2) is 5.74. The Balaban J connectivity index is 2.37. The zero-order valence-corrected chi connectivity index (χ0v) is 12.1. The third-order valence-corrected chi connectivity index (χ3v) is 4.10. The molecule has 0 radical (unpaired) electrons. The summed E-state index contributed by atoms with van der Waals surface area (Å²) in [5, 5.41) is 9.33. The van der Waals surface area contributed by atoms with Crippen molar-refractivity contribution in [3.8, 4) is 0 Å². The SMILES string of the molecule is CCN(c1ccc(Br)cc1C(=O)O)C1CCCC1. The summed E-state index contributed by atoms with van der Waals surface area (Å²) in [6.07, 6.45) is 4.84. The molecule has 0 unspecified atom stereocenters. The molecule has 1 saturated carbocycles. The number of rotatable bonds is 4. The Kier molecular flexibility index (Phi) is 4.27. The Bertz CT molecular complexity index is 441. The third kappa shape index (κ3) is 2.69. The van der Waals surface area contributed by atoms with E-state index in [-0.39, 0.29) is 0 Å². The molecule has 1 fully saturated rings. The van der Waals surface area contributed by atoms with Crippen molar-refractivity contribution in [2.24, 2.45) is 0 Å². The number of carboxylic acid groups (broad SMARTS) is 1. The highest BCUT2D eigenvalue weighted by Crippen LogP contribution is 2.31. The van der Waals surface area contributed by atoms with Crippen LogP contribution in [0.15, 0.2) is 22.7 Å². The molecule has 3 nitrogen and oxygen atoms in total. The monoisotopic (exact) mass is 311 g/mol. The van der Waals surface area contributed by atoms with E-state index in [1.54, 1.807) is 6.07 Å². The second-order valence-corrected chi connectivity index (χ2v) is 5.61. The molecular weight excluding hydrogens is 294 g/mol. The van der Waals surface area contributed by atoms with E-state index < -0.39 is 5.97 Å². The van der Waals surface area contributed by atoms with Crippen LogP contribution in [0.2, 0.25) is 0 Å². The van der Waals surface area contributed by atoms with E-state index in [0.29, 0.717) is 11.6 Å². The van der Waals surface area contributed by atoms with Crippen LogP contribution >= 0.6 is 15.9 Å². The minimum Gasteiger partial charge on any atom is -0.478 e. The summed E-state index contributed by atoms with van der Waals surface area (Å²) in [6.45, 7) is 2.94. The van der Waals surface area contributed by atoms with Gasteiger partial charge in [0.25, 0.3) is 0 Å². The van der Waals surface area contributed by atoms with E-state index in [4.69, 9.17) is 0 Å². The molecule has 0 aliphatic heterocycles. The maximum absolute atomic E-state index is 11.4. The third-order valence-electron chi connectivity index (χ3n) is 3.60. The van der Waals surface area contributed by atoms with Crippen molar-refractivity contribution >= 4 is 27.6 Å². The number of anilines is 1. The normalized spacial score (nSPS) is 15.9. The molecule has 0 saturated heterocycles. The molecule has 0 atom stereocenters. The maximum Gasteiger partial charge on any atom is 0.337 e. The fraction of sp³-hybridized carbons (Fsp3) is 0.500. The second-order valence-electron chi connectivity index (χ2n) is 4.69. The van der Waals surface area contributed by atoms with Crippen LogP contribution in [0.4, 0.5) is 5.69 Å². The van der Waals surface area contributed by atoms with Crippen LogP contribution in [0.1, 0.15) is 43.0 Å². The number of hydrogen-bond acceptors (Lipinski definition) is 2. The molecule has 0 bridgehead atoms. The van der Waals surface area contributed by atoms with E-state index in [1.165, 1.54) is 25.7 Å². The maximum atomic E-state index is 11.4. The van der Waals surface area contributed by atoms with Gasteiger partial charge in [-0.15, -0.1) is 0 Å². The molecule has 1 N–H and O–H groups in total. The molecule has 0 amide bonds. The average Bonchev–Trinajstić information content (AvgIpc) is 2.85. The lowest BCUT2D eigenvalue weighted by Crippen LogP contribution is -2.34. The summed E-state index contributed by atoms with van der Waals surface area (Å²) in [6, 6.07) is 6.01. The van der Waals surface area contributed by atoms with Crippen molar-refractivity contribution in [3.63, 3.8) is 0 Å². The van der Waals surface area contributed by atoms with Crippen molar-refractivity contribution in [1.82, 2.24) is 0 Å². The van der Waals surface area contributed by atoms with Gasteiger partial charge in [-0.1, -0.05) is 28.8 Å². The van der Waals surface area contributed by atoms with Gasteiger partial charge in [-0.05, 0) is 38.0 Å². The van der Waals surface area contributed by atoms with Gasteiger partial charge < -0.3 is 10.0 Å². The minimum atomic E-state index is -0.859. The summed E-state index contributed by atoms with van der Waals surface area (Å²) < 4.78 is 0.811. The molecule has 0 aromatic heterocycles. The van der Waals surface area contributed by atoms with Gasteiger partial charge in [-0.2, -0.15) is 0 Å². The number of carbonyl (C=O) groups is 1. The van der Waals surface area contributed by atoms with Crippen LogP contribution in [0, 0.1) is 0 Å². The predicted molar refractivity (Wildman–Crippen MR) is 76.4 cm³/mol.